The molecule has 7 heteroatoms. The summed E-state index contributed by atoms with van der Waals surface area (Å²) in [6.07, 6.45) is 1.67. The molecule has 2 aromatic rings. The lowest BCUT2D eigenvalue weighted by Gasteiger charge is -2.11. The largest absolute Gasteiger partial charge is 0.496 e. The predicted octanol–water partition coefficient (Wildman–Crippen LogP) is 3.75. The van der Waals surface area contributed by atoms with Gasteiger partial charge in [-0.2, -0.15) is 0 Å². The van der Waals surface area contributed by atoms with Gasteiger partial charge in [-0.25, -0.2) is 0 Å². The number of rotatable bonds is 5. The molecule has 6 nitrogen and oxygen atoms in total. The van der Waals surface area contributed by atoms with Crippen molar-refractivity contribution in [3.8, 4) is 17.2 Å². The zero-order chi connectivity index (χ0) is 18.4. The number of halogens is 1. The number of hydrogen-bond donors (Lipinski definition) is 2. The molecule has 0 bridgehead atoms. The van der Waals surface area contributed by atoms with Crippen molar-refractivity contribution in [2.45, 2.75) is 19.8 Å². The third-order valence-electron chi connectivity index (χ3n) is 4.18. The van der Waals surface area contributed by atoms with Crippen molar-refractivity contribution >= 4 is 35.6 Å². The summed E-state index contributed by atoms with van der Waals surface area (Å²) in [6, 6.07) is 11.8. The van der Waals surface area contributed by atoms with Crippen molar-refractivity contribution < 1.29 is 14.2 Å². The zero-order valence-electron chi connectivity index (χ0n) is 15.7. The Morgan fingerprint density at radius 3 is 2.70 bits per heavy atom. The van der Waals surface area contributed by atoms with Crippen molar-refractivity contribution in [3.05, 3.63) is 47.5 Å². The second-order valence-electron chi connectivity index (χ2n) is 6.16. The number of ether oxygens (including phenoxy) is 3. The normalized spacial score (nSPS) is 13.3. The van der Waals surface area contributed by atoms with Crippen LogP contribution in [0.1, 0.15) is 17.5 Å². The summed E-state index contributed by atoms with van der Waals surface area (Å²) in [7, 11) is 1.68. The van der Waals surface area contributed by atoms with E-state index in [1.54, 1.807) is 7.11 Å². The van der Waals surface area contributed by atoms with Crippen LogP contribution in [0.4, 0.5) is 5.69 Å². The SMILES string of the molecule is COc1cc(CCN=C(N)Nc2ccc3c(c2)OCCCO3)ccc1C.I. The van der Waals surface area contributed by atoms with Crippen LogP contribution in [-0.4, -0.2) is 32.8 Å². The Balaban J connectivity index is 0.00000261. The second-order valence-corrected chi connectivity index (χ2v) is 6.16. The fourth-order valence-corrected chi connectivity index (χ4v) is 2.75. The van der Waals surface area contributed by atoms with Crippen LogP contribution >= 0.6 is 24.0 Å². The van der Waals surface area contributed by atoms with Gasteiger partial charge in [0.2, 0.25) is 0 Å². The molecule has 0 aromatic heterocycles. The molecule has 2 aromatic carbocycles. The van der Waals surface area contributed by atoms with E-state index in [-0.39, 0.29) is 24.0 Å². The Hall–Kier alpha value is -2.16. The van der Waals surface area contributed by atoms with Crippen LogP contribution in [0, 0.1) is 6.92 Å². The molecule has 0 fully saturated rings. The highest BCUT2D eigenvalue weighted by atomic mass is 127. The van der Waals surface area contributed by atoms with Gasteiger partial charge in [0.05, 0.1) is 20.3 Å². The quantitative estimate of drug-likeness (QED) is 0.385. The topological polar surface area (TPSA) is 78.1 Å². The molecule has 0 aliphatic carbocycles. The van der Waals surface area contributed by atoms with Crippen molar-refractivity contribution in [2.24, 2.45) is 10.7 Å². The molecule has 146 valence electrons. The van der Waals surface area contributed by atoms with Gasteiger partial charge in [-0.05, 0) is 42.7 Å². The highest BCUT2D eigenvalue weighted by Gasteiger charge is 2.10. The lowest BCUT2D eigenvalue weighted by Crippen LogP contribution is -2.23. The van der Waals surface area contributed by atoms with E-state index in [0.29, 0.717) is 25.7 Å². The van der Waals surface area contributed by atoms with Crippen molar-refractivity contribution in [3.63, 3.8) is 0 Å². The summed E-state index contributed by atoms with van der Waals surface area (Å²) in [5.74, 6) is 2.76. The minimum absolute atomic E-state index is 0. The molecule has 3 rings (SSSR count). The Bertz CT molecular complexity index is 796. The molecule has 0 atom stereocenters. The summed E-state index contributed by atoms with van der Waals surface area (Å²) < 4.78 is 16.7. The highest BCUT2D eigenvalue weighted by Crippen LogP contribution is 2.32. The molecule has 3 N–H and O–H groups in total. The molecule has 0 radical (unpaired) electrons. The van der Waals surface area contributed by atoms with Gasteiger partial charge in [0, 0.05) is 24.7 Å². The third kappa shape index (κ3) is 5.92. The maximum Gasteiger partial charge on any atom is 0.193 e. The minimum Gasteiger partial charge on any atom is -0.496 e. The maximum absolute atomic E-state index is 6.00. The van der Waals surface area contributed by atoms with Crippen LogP contribution in [0.3, 0.4) is 0 Å². The number of methoxy groups -OCH3 is 1. The minimum atomic E-state index is 0. The number of fused-ring (bicyclic) bond motifs is 1. The molecule has 0 saturated carbocycles. The fraction of sp³-hybridized carbons (Fsp3) is 0.350. The average molecular weight is 483 g/mol. The van der Waals surface area contributed by atoms with Crippen LogP contribution in [0.25, 0.3) is 0 Å². The summed E-state index contributed by atoms with van der Waals surface area (Å²) >= 11 is 0. The van der Waals surface area contributed by atoms with Crippen LogP contribution in [0.2, 0.25) is 0 Å². The number of benzene rings is 2. The van der Waals surface area contributed by atoms with Crippen LogP contribution in [-0.2, 0) is 6.42 Å². The summed E-state index contributed by atoms with van der Waals surface area (Å²) in [6.45, 7) is 3.95. The van der Waals surface area contributed by atoms with E-state index in [2.05, 4.69) is 22.4 Å². The average Bonchev–Trinajstić information content (AvgIpc) is 2.88. The molecule has 27 heavy (non-hydrogen) atoms. The van der Waals surface area contributed by atoms with Gasteiger partial charge in [-0.3, -0.25) is 4.99 Å². The number of hydrogen-bond acceptors (Lipinski definition) is 4. The molecule has 0 unspecified atom stereocenters. The standard InChI is InChI=1S/C20H25N3O3.HI/c1-14-4-5-15(12-18(14)24-2)8-9-22-20(21)23-16-6-7-17-19(13-16)26-11-3-10-25-17;/h4-7,12-13H,3,8-11H2,1-2H3,(H3,21,22,23);1H. The van der Waals surface area contributed by atoms with E-state index >= 15 is 0 Å². The van der Waals surface area contributed by atoms with E-state index in [1.807, 2.05) is 31.2 Å². The number of aliphatic imine (C=N–C) groups is 1. The number of aryl methyl sites for hydroxylation is 1. The molecule has 1 aliphatic rings. The highest BCUT2D eigenvalue weighted by molar-refractivity contribution is 14.0. The van der Waals surface area contributed by atoms with E-state index in [1.165, 1.54) is 5.56 Å². The van der Waals surface area contributed by atoms with Gasteiger partial charge in [0.25, 0.3) is 0 Å². The van der Waals surface area contributed by atoms with E-state index in [4.69, 9.17) is 19.9 Å². The fourth-order valence-electron chi connectivity index (χ4n) is 2.75. The first-order valence-corrected chi connectivity index (χ1v) is 8.76. The molecular formula is C20H26IN3O3. The predicted molar refractivity (Wildman–Crippen MR) is 119 cm³/mol. The van der Waals surface area contributed by atoms with Gasteiger partial charge >= 0.3 is 0 Å². The van der Waals surface area contributed by atoms with E-state index in [9.17, 15) is 0 Å². The number of nitrogens with two attached hydrogens (primary N) is 1. The lowest BCUT2D eigenvalue weighted by atomic mass is 10.1. The summed E-state index contributed by atoms with van der Waals surface area (Å²) in [5, 5.41) is 3.10. The number of nitrogens with zero attached hydrogens (tertiary/aromatic N) is 1. The monoisotopic (exact) mass is 483 g/mol. The summed E-state index contributed by atoms with van der Waals surface area (Å²) in [5.41, 5.74) is 9.11. The Kier molecular flexibility index (Phi) is 8.02. The van der Waals surface area contributed by atoms with E-state index < -0.39 is 0 Å². The van der Waals surface area contributed by atoms with Gasteiger partial charge in [0.15, 0.2) is 17.5 Å². The van der Waals surface area contributed by atoms with Gasteiger partial charge in [-0.15, -0.1) is 24.0 Å². The van der Waals surface area contributed by atoms with Crippen LogP contribution in [0.5, 0.6) is 17.2 Å². The molecule has 0 saturated heterocycles. The zero-order valence-corrected chi connectivity index (χ0v) is 18.0. The van der Waals surface area contributed by atoms with Crippen LogP contribution < -0.4 is 25.3 Å². The molecule has 1 aliphatic heterocycles. The third-order valence-corrected chi connectivity index (χ3v) is 4.18. The second kappa shape index (κ2) is 10.2. The molecule has 0 amide bonds. The number of nitrogens with one attached hydrogen (secondary N) is 1. The first-order chi connectivity index (χ1) is 12.7. The number of guanidine groups is 1. The summed E-state index contributed by atoms with van der Waals surface area (Å²) in [4.78, 5) is 4.39. The Labute approximate surface area is 177 Å². The van der Waals surface area contributed by atoms with E-state index in [0.717, 1.165) is 41.3 Å². The first kappa shape index (κ1) is 21.1. The molecule has 0 spiro atoms. The van der Waals surface area contributed by atoms with Gasteiger partial charge < -0.3 is 25.3 Å². The van der Waals surface area contributed by atoms with Crippen LogP contribution in [0.15, 0.2) is 41.4 Å². The lowest BCUT2D eigenvalue weighted by molar-refractivity contribution is 0.297. The Morgan fingerprint density at radius 1 is 1.15 bits per heavy atom. The van der Waals surface area contributed by atoms with Crippen molar-refractivity contribution in [1.82, 2.24) is 0 Å². The Morgan fingerprint density at radius 2 is 1.93 bits per heavy atom. The van der Waals surface area contributed by atoms with Gasteiger partial charge in [0.1, 0.15) is 5.75 Å². The smallest absolute Gasteiger partial charge is 0.193 e. The number of anilines is 1. The van der Waals surface area contributed by atoms with Gasteiger partial charge in [-0.1, -0.05) is 12.1 Å². The first-order valence-electron chi connectivity index (χ1n) is 8.76. The van der Waals surface area contributed by atoms with Crippen molar-refractivity contribution in [1.29, 1.82) is 0 Å². The van der Waals surface area contributed by atoms with Crippen molar-refractivity contribution in [2.75, 3.05) is 32.2 Å². The molecule has 1 heterocycles. The maximum atomic E-state index is 6.00. The molecular weight excluding hydrogens is 457 g/mol.